The molecule has 2 aliphatic rings. The zero-order valence-electron chi connectivity index (χ0n) is 13.5. The molecule has 2 fully saturated rings. The predicted octanol–water partition coefficient (Wildman–Crippen LogP) is 1.59. The minimum Gasteiger partial charge on any atom is -0.363 e. The van der Waals surface area contributed by atoms with Crippen molar-refractivity contribution >= 4 is 0 Å². The standard InChI is InChI=1S/C15H22N6O2/c1-3-12-16-13(19-18-12)8-21-6-9(2)22-11(7-21)15-17-14(20-23-15)10-4-5-10/h9-11H,3-8H2,1-2H3,(H,16,18,19)/t9-,11-/m1/s1. The van der Waals surface area contributed by atoms with Gasteiger partial charge >= 0.3 is 0 Å². The van der Waals surface area contributed by atoms with Crippen LogP contribution in [0.3, 0.4) is 0 Å². The Morgan fingerprint density at radius 2 is 2.13 bits per heavy atom. The number of aromatic amines is 1. The quantitative estimate of drug-likeness (QED) is 0.894. The summed E-state index contributed by atoms with van der Waals surface area (Å²) < 4.78 is 11.4. The van der Waals surface area contributed by atoms with Crippen LogP contribution in [-0.2, 0) is 17.7 Å². The first kappa shape index (κ1) is 14.8. The van der Waals surface area contributed by atoms with Gasteiger partial charge in [0, 0.05) is 25.4 Å². The summed E-state index contributed by atoms with van der Waals surface area (Å²) in [7, 11) is 0. The Morgan fingerprint density at radius 1 is 1.26 bits per heavy atom. The van der Waals surface area contributed by atoms with Gasteiger partial charge in [-0.05, 0) is 19.8 Å². The maximum absolute atomic E-state index is 6.00. The summed E-state index contributed by atoms with van der Waals surface area (Å²) in [6.45, 7) is 6.41. The SMILES string of the molecule is CCc1n[nH]c(CN2C[C@@H](C)O[C@@H](c3nc(C4CC4)no3)C2)n1. The van der Waals surface area contributed by atoms with Crippen LogP contribution in [0.25, 0.3) is 0 Å². The van der Waals surface area contributed by atoms with Crippen molar-refractivity contribution in [2.24, 2.45) is 0 Å². The highest BCUT2D eigenvalue weighted by Crippen LogP contribution is 2.38. The number of hydrogen-bond donors (Lipinski definition) is 1. The molecule has 2 aromatic heterocycles. The summed E-state index contributed by atoms with van der Waals surface area (Å²) in [5.74, 6) is 3.65. The van der Waals surface area contributed by atoms with Gasteiger partial charge in [0.05, 0.1) is 12.6 Å². The molecular weight excluding hydrogens is 296 g/mol. The van der Waals surface area contributed by atoms with Crippen LogP contribution >= 0.6 is 0 Å². The largest absolute Gasteiger partial charge is 0.363 e. The van der Waals surface area contributed by atoms with Gasteiger partial charge in [-0.1, -0.05) is 12.1 Å². The summed E-state index contributed by atoms with van der Waals surface area (Å²) in [6, 6.07) is 0. The number of morpholine rings is 1. The van der Waals surface area contributed by atoms with Crippen LogP contribution in [-0.4, -0.2) is 49.4 Å². The van der Waals surface area contributed by atoms with Crippen molar-refractivity contribution in [2.75, 3.05) is 13.1 Å². The van der Waals surface area contributed by atoms with E-state index in [2.05, 4.69) is 37.1 Å². The Morgan fingerprint density at radius 3 is 2.87 bits per heavy atom. The number of rotatable bonds is 5. The minimum absolute atomic E-state index is 0.110. The number of nitrogens with zero attached hydrogens (tertiary/aromatic N) is 5. The van der Waals surface area contributed by atoms with Crippen molar-refractivity contribution in [1.29, 1.82) is 0 Å². The molecule has 0 unspecified atom stereocenters. The molecule has 8 nitrogen and oxygen atoms in total. The Hall–Kier alpha value is -1.80. The van der Waals surface area contributed by atoms with Gasteiger partial charge in [-0.15, -0.1) is 0 Å². The second kappa shape index (κ2) is 6.01. The van der Waals surface area contributed by atoms with E-state index < -0.39 is 0 Å². The predicted molar refractivity (Wildman–Crippen MR) is 80.6 cm³/mol. The molecule has 4 rings (SSSR count). The van der Waals surface area contributed by atoms with Gasteiger partial charge < -0.3 is 9.26 Å². The van der Waals surface area contributed by atoms with E-state index in [-0.39, 0.29) is 12.2 Å². The molecule has 0 amide bonds. The Bertz CT molecular complexity index is 664. The molecule has 0 aromatic carbocycles. The maximum atomic E-state index is 6.00. The highest BCUT2D eigenvalue weighted by atomic mass is 16.5. The van der Waals surface area contributed by atoms with E-state index in [1.165, 1.54) is 0 Å². The van der Waals surface area contributed by atoms with Gasteiger partial charge in [0.1, 0.15) is 17.8 Å². The maximum Gasteiger partial charge on any atom is 0.257 e. The lowest BCUT2D eigenvalue weighted by Crippen LogP contribution is -2.42. The van der Waals surface area contributed by atoms with E-state index in [0.29, 0.717) is 11.8 Å². The summed E-state index contributed by atoms with van der Waals surface area (Å²) in [5, 5.41) is 11.3. The Labute approximate surface area is 134 Å². The van der Waals surface area contributed by atoms with E-state index >= 15 is 0 Å². The Balaban J connectivity index is 1.44. The summed E-state index contributed by atoms with van der Waals surface area (Å²) >= 11 is 0. The van der Waals surface area contributed by atoms with Crippen molar-refractivity contribution in [3.63, 3.8) is 0 Å². The van der Waals surface area contributed by atoms with Gasteiger partial charge in [0.2, 0.25) is 0 Å². The molecule has 1 aliphatic heterocycles. The molecule has 1 saturated heterocycles. The lowest BCUT2D eigenvalue weighted by atomic mass is 10.2. The van der Waals surface area contributed by atoms with Crippen LogP contribution in [0.2, 0.25) is 0 Å². The van der Waals surface area contributed by atoms with E-state index in [1.807, 2.05) is 6.92 Å². The molecule has 8 heteroatoms. The van der Waals surface area contributed by atoms with Crippen molar-refractivity contribution in [2.45, 2.75) is 57.8 Å². The lowest BCUT2D eigenvalue weighted by Gasteiger charge is -2.34. The molecule has 23 heavy (non-hydrogen) atoms. The fraction of sp³-hybridized carbons (Fsp3) is 0.733. The lowest BCUT2D eigenvalue weighted by molar-refractivity contribution is -0.0935. The zero-order valence-corrected chi connectivity index (χ0v) is 13.5. The van der Waals surface area contributed by atoms with Crippen molar-refractivity contribution < 1.29 is 9.26 Å². The van der Waals surface area contributed by atoms with Crippen LogP contribution in [0.5, 0.6) is 0 Å². The molecule has 0 bridgehead atoms. The third-order valence-corrected chi connectivity index (χ3v) is 4.28. The average molecular weight is 318 g/mol. The summed E-state index contributed by atoms with van der Waals surface area (Å²) in [4.78, 5) is 11.3. The third kappa shape index (κ3) is 3.28. The molecule has 1 saturated carbocycles. The fourth-order valence-electron chi connectivity index (χ4n) is 2.97. The molecule has 1 aliphatic carbocycles. The van der Waals surface area contributed by atoms with E-state index in [9.17, 15) is 0 Å². The molecule has 2 atom stereocenters. The van der Waals surface area contributed by atoms with Crippen molar-refractivity contribution in [3.05, 3.63) is 23.4 Å². The number of aromatic nitrogens is 5. The molecule has 0 radical (unpaired) electrons. The van der Waals surface area contributed by atoms with E-state index in [1.54, 1.807) is 0 Å². The smallest absolute Gasteiger partial charge is 0.257 e. The fourth-order valence-corrected chi connectivity index (χ4v) is 2.97. The van der Waals surface area contributed by atoms with Gasteiger partial charge in [0.15, 0.2) is 5.82 Å². The first-order valence-electron chi connectivity index (χ1n) is 8.32. The molecule has 1 N–H and O–H groups in total. The van der Waals surface area contributed by atoms with Crippen LogP contribution in [0.4, 0.5) is 0 Å². The highest BCUT2D eigenvalue weighted by molar-refractivity contribution is 5.05. The van der Waals surface area contributed by atoms with Crippen LogP contribution in [0, 0.1) is 0 Å². The van der Waals surface area contributed by atoms with E-state index in [0.717, 1.165) is 56.4 Å². The first-order valence-corrected chi connectivity index (χ1v) is 8.32. The summed E-state index contributed by atoms with van der Waals surface area (Å²) in [5.41, 5.74) is 0. The van der Waals surface area contributed by atoms with Crippen LogP contribution in [0.1, 0.15) is 62.1 Å². The highest BCUT2D eigenvalue weighted by Gasteiger charge is 2.34. The monoisotopic (exact) mass is 318 g/mol. The number of ether oxygens (including phenoxy) is 1. The minimum atomic E-state index is -0.174. The topological polar surface area (TPSA) is 93.0 Å². The normalized spacial score (nSPS) is 25.8. The van der Waals surface area contributed by atoms with E-state index in [4.69, 9.17) is 9.26 Å². The van der Waals surface area contributed by atoms with Crippen molar-refractivity contribution in [1.82, 2.24) is 30.2 Å². The van der Waals surface area contributed by atoms with Gasteiger partial charge in [-0.3, -0.25) is 10.00 Å². The molecule has 2 aromatic rings. The summed E-state index contributed by atoms with van der Waals surface area (Å²) in [6.07, 6.45) is 3.10. The molecular formula is C15H22N6O2. The number of nitrogens with one attached hydrogen (secondary N) is 1. The third-order valence-electron chi connectivity index (χ3n) is 4.28. The van der Waals surface area contributed by atoms with Crippen LogP contribution in [0.15, 0.2) is 4.52 Å². The first-order chi connectivity index (χ1) is 11.2. The zero-order chi connectivity index (χ0) is 15.8. The number of H-pyrrole nitrogens is 1. The van der Waals surface area contributed by atoms with Crippen molar-refractivity contribution in [3.8, 4) is 0 Å². The average Bonchev–Trinajstić information content (AvgIpc) is 3.10. The van der Waals surface area contributed by atoms with Crippen LogP contribution < -0.4 is 0 Å². The second-order valence-corrected chi connectivity index (χ2v) is 6.45. The molecule has 124 valence electrons. The molecule has 3 heterocycles. The van der Waals surface area contributed by atoms with Gasteiger partial charge in [0.25, 0.3) is 5.89 Å². The molecule has 0 spiro atoms. The Kier molecular flexibility index (Phi) is 3.86. The number of aryl methyl sites for hydroxylation is 1. The number of hydrogen-bond acceptors (Lipinski definition) is 7. The van der Waals surface area contributed by atoms with Gasteiger partial charge in [-0.2, -0.15) is 10.1 Å². The second-order valence-electron chi connectivity index (χ2n) is 6.45. The van der Waals surface area contributed by atoms with Gasteiger partial charge in [-0.25, -0.2) is 4.98 Å².